The average Bonchev–Trinajstić information content (AvgIpc) is 2.66. The summed E-state index contributed by atoms with van der Waals surface area (Å²) in [6, 6.07) is 0. The van der Waals surface area contributed by atoms with Crippen molar-refractivity contribution in [2.24, 2.45) is 0 Å². The Morgan fingerprint density at radius 3 is 3.00 bits per heavy atom. The van der Waals surface area contributed by atoms with Gasteiger partial charge in [-0.1, -0.05) is 6.92 Å². The van der Waals surface area contributed by atoms with E-state index in [1.807, 2.05) is 7.05 Å². The Labute approximate surface area is 91.8 Å². The molecule has 4 heteroatoms. The van der Waals surface area contributed by atoms with Crippen molar-refractivity contribution in [3.05, 3.63) is 0 Å². The molecular formula is C10H20N2OS. The van der Waals surface area contributed by atoms with E-state index in [1.165, 1.54) is 12.8 Å². The predicted molar refractivity (Wildman–Crippen MR) is 62.5 cm³/mol. The van der Waals surface area contributed by atoms with Crippen molar-refractivity contribution in [3.63, 3.8) is 0 Å². The summed E-state index contributed by atoms with van der Waals surface area (Å²) < 4.78 is 5.55. The number of nitrogens with zero attached hydrogens (tertiary/aromatic N) is 1. The van der Waals surface area contributed by atoms with Gasteiger partial charge in [0.25, 0.3) is 0 Å². The van der Waals surface area contributed by atoms with E-state index in [2.05, 4.69) is 17.1 Å². The third-order valence-corrected chi connectivity index (χ3v) is 2.83. The fourth-order valence-corrected chi connectivity index (χ4v) is 1.72. The van der Waals surface area contributed by atoms with Gasteiger partial charge in [-0.15, -0.1) is 0 Å². The van der Waals surface area contributed by atoms with Crippen molar-refractivity contribution >= 4 is 17.3 Å². The molecule has 1 aliphatic heterocycles. The van der Waals surface area contributed by atoms with Gasteiger partial charge < -0.3 is 15.0 Å². The Kier molecular flexibility index (Phi) is 5.19. The Bertz CT molecular complexity index is 181. The predicted octanol–water partition coefficient (Wildman–Crippen LogP) is 1.38. The Morgan fingerprint density at radius 2 is 2.43 bits per heavy atom. The Balaban J connectivity index is 2.18. The molecule has 1 heterocycles. The quantitative estimate of drug-likeness (QED) is 0.718. The minimum Gasteiger partial charge on any atom is -0.376 e. The van der Waals surface area contributed by atoms with Gasteiger partial charge in [-0.05, 0) is 31.5 Å². The molecule has 0 aromatic carbocycles. The summed E-state index contributed by atoms with van der Waals surface area (Å²) in [5, 5.41) is 4.04. The zero-order chi connectivity index (χ0) is 10.4. The second kappa shape index (κ2) is 6.19. The van der Waals surface area contributed by atoms with Crippen LogP contribution in [0, 0.1) is 0 Å². The van der Waals surface area contributed by atoms with Crippen LogP contribution in [0.4, 0.5) is 0 Å². The van der Waals surface area contributed by atoms with Crippen LogP contribution >= 0.6 is 12.2 Å². The first-order valence-corrected chi connectivity index (χ1v) is 5.75. The summed E-state index contributed by atoms with van der Waals surface area (Å²) in [4.78, 5) is 2.07. The third kappa shape index (κ3) is 3.80. The third-order valence-electron chi connectivity index (χ3n) is 2.37. The topological polar surface area (TPSA) is 24.5 Å². The molecule has 0 radical (unpaired) electrons. The molecular weight excluding hydrogens is 196 g/mol. The lowest BCUT2D eigenvalue weighted by Crippen LogP contribution is -2.41. The van der Waals surface area contributed by atoms with Gasteiger partial charge in [0.1, 0.15) is 0 Å². The SMILES string of the molecule is CCCNC(=S)N(C)CC1CCCO1. The molecule has 1 N–H and O–H groups in total. The zero-order valence-corrected chi connectivity index (χ0v) is 9.90. The fourth-order valence-electron chi connectivity index (χ4n) is 1.54. The van der Waals surface area contributed by atoms with Crippen LogP contribution in [0.3, 0.4) is 0 Å². The molecule has 0 amide bonds. The highest BCUT2D eigenvalue weighted by Gasteiger charge is 2.18. The number of hydrogen-bond acceptors (Lipinski definition) is 2. The summed E-state index contributed by atoms with van der Waals surface area (Å²) in [6.07, 6.45) is 3.84. The van der Waals surface area contributed by atoms with Crippen LogP contribution in [0.5, 0.6) is 0 Å². The van der Waals surface area contributed by atoms with Crippen molar-refractivity contribution in [2.75, 3.05) is 26.7 Å². The number of thiocarbonyl (C=S) groups is 1. The first-order chi connectivity index (χ1) is 6.74. The standard InChI is InChI=1S/C10H20N2OS/c1-3-6-11-10(14)12(2)8-9-5-4-7-13-9/h9H,3-8H2,1-2H3,(H,11,14). The van der Waals surface area contributed by atoms with Crippen LogP contribution in [0.25, 0.3) is 0 Å². The Morgan fingerprint density at radius 1 is 1.64 bits per heavy atom. The normalized spacial score (nSPS) is 20.9. The molecule has 0 spiro atoms. The summed E-state index contributed by atoms with van der Waals surface area (Å²) in [7, 11) is 2.02. The van der Waals surface area contributed by atoms with Gasteiger partial charge in [0.05, 0.1) is 6.10 Å². The van der Waals surface area contributed by atoms with Gasteiger partial charge in [-0.3, -0.25) is 0 Å². The highest BCUT2D eigenvalue weighted by atomic mass is 32.1. The summed E-state index contributed by atoms with van der Waals surface area (Å²) >= 11 is 5.24. The molecule has 0 saturated carbocycles. The second-order valence-corrected chi connectivity index (χ2v) is 4.13. The maximum Gasteiger partial charge on any atom is 0.168 e. The van der Waals surface area contributed by atoms with Crippen LogP contribution in [-0.2, 0) is 4.74 Å². The lowest BCUT2D eigenvalue weighted by Gasteiger charge is -2.23. The summed E-state index contributed by atoms with van der Waals surface area (Å²) in [6.45, 7) is 4.91. The van der Waals surface area contributed by atoms with Crippen LogP contribution in [0.1, 0.15) is 26.2 Å². The van der Waals surface area contributed by atoms with E-state index in [-0.39, 0.29) is 0 Å². The lowest BCUT2D eigenvalue weighted by molar-refractivity contribution is 0.0957. The average molecular weight is 216 g/mol. The molecule has 1 rings (SSSR count). The van der Waals surface area contributed by atoms with Crippen molar-refractivity contribution in [1.29, 1.82) is 0 Å². The second-order valence-electron chi connectivity index (χ2n) is 3.75. The molecule has 0 aromatic heterocycles. The molecule has 1 saturated heterocycles. The molecule has 14 heavy (non-hydrogen) atoms. The van der Waals surface area contributed by atoms with Crippen LogP contribution in [-0.4, -0.2) is 42.9 Å². The van der Waals surface area contributed by atoms with Crippen LogP contribution < -0.4 is 5.32 Å². The molecule has 1 unspecified atom stereocenters. The number of hydrogen-bond donors (Lipinski definition) is 1. The maximum atomic E-state index is 5.55. The van der Waals surface area contributed by atoms with E-state index in [4.69, 9.17) is 17.0 Å². The van der Waals surface area contributed by atoms with Gasteiger partial charge in [0.2, 0.25) is 0 Å². The van der Waals surface area contributed by atoms with Crippen molar-refractivity contribution in [3.8, 4) is 0 Å². The lowest BCUT2D eigenvalue weighted by atomic mass is 10.2. The summed E-state index contributed by atoms with van der Waals surface area (Å²) in [5.74, 6) is 0. The molecule has 1 fully saturated rings. The van der Waals surface area contributed by atoms with Gasteiger partial charge >= 0.3 is 0 Å². The van der Waals surface area contributed by atoms with Crippen LogP contribution in [0.15, 0.2) is 0 Å². The minimum absolute atomic E-state index is 0.376. The van der Waals surface area contributed by atoms with Gasteiger partial charge in [-0.25, -0.2) is 0 Å². The van der Waals surface area contributed by atoms with E-state index < -0.39 is 0 Å². The Hall–Kier alpha value is -0.350. The number of rotatable bonds is 4. The van der Waals surface area contributed by atoms with Crippen molar-refractivity contribution in [1.82, 2.24) is 10.2 Å². The van der Waals surface area contributed by atoms with Crippen LogP contribution in [0.2, 0.25) is 0 Å². The molecule has 0 aromatic rings. The van der Waals surface area contributed by atoms with Gasteiger partial charge in [-0.2, -0.15) is 0 Å². The number of ether oxygens (including phenoxy) is 1. The smallest absolute Gasteiger partial charge is 0.168 e. The minimum atomic E-state index is 0.376. The van der Waals surface area contributed by atoms with Crippen molar-refractivity contribution < 1.29 is 4.74 Å². The van der Waals surface area contributed by atoms with E-state index in [0.717, 1.165) is 31.2 Å². The number of nitrogens with one attached hydrogen (secondary N) is 1. The zero-order valence-electron chi connectivity index (χ0n) is 9.08. The van der Waals surface area contributed by atoms with Gasteiger partial charge in [0.15, 0.2) is 5.11 Å². The first-order valence-electron chi connectivity index (χ1n) is 5.34. The van der Waals surface area contributed by atoms with Crippen molar-refractivity contribution in [2.45, 2.75) is 32.3 Å². The monoisotopic (exact) mass is 216 g/mol. The summed E-state index contributed by atoms with van der Waals surface area (Å²) in [5.41, 5.74) is 0. The van der Waals surface area contributed by atoms with E-state index in [0.29, 0.717) is 6.10 Å². The van der Waals surface area contributed by atoms with E-state index >= 15 is 0 Å². The molecule has 0 aliphatic carbocycles. The maximum absolute atomic E-state index is 5.55. The van der Waals surface area contributed by atoms with E-state index in [1.54, 1.807) is 0 Å². The largest absolute Gasteiger partial charge is 0.376 e. The molecule has 1 atom stereocenters. The first kappa shape index (κ1) is 11.7. The highest BCUT2D eigenvalue weighted by Crippen LogP contribution is 2.12. The van der Waals surface area contributed by atoms with Gasteiger partial charge in [0, 0.05) is 26.7 Å². The highest BCUT2D eigenvalue weighted by molar-refractivity contribution is 7.80. The molecule has 1 aliphatic rings. The molecule has 82 valence electrons. The fraction of sp³-hybridized carbons (Fsp3) is 0.900. The molecule has 3 nitrogen and oxygen atoms in total. The molecule has 0 bridgehead atoms. The van der Waals surface area contributed by atoms with E-state index in [9.17, 15) is 0 Å². The number of likely N-dealkylation sites (N-methyl/N-ethyl adjacent to an activating group) is 1.